The standard InChI is InChI=1S/C19H17F2N3O2S2/c1-11-18(28(22)26)27-19(23-11)24(2)17(25)9-12-3-5-13(6-4-12)15-10-14(20)7-8-16(15)21/h3-8,10H,9,22H2,1-2H3. The minimum absolute atomic E-state index is 0.0993. The molecule has 1 heterocycles. The van der Waals surface area contributed by atoms with Crippen LogP contribution in [0.4, 0.5) is 13.9 Å². The summed E-state index contributed by atoms with van der Waals surface area (Å²) in [6.45, 7) is 1.68. The number of carbonyl (C=O) groups is 1. The number of hydrogen-bond donors (Lipinski definition) is 1. The van der Waals surface area contributed by atoms with Crippen molar-refractivity contribution in [3.8, 4) is 11.1 Å². The maximum atomic E-state index is 13.9. The van der Waals surface area contributed by atoms with Crippen LogP contribution >= 0.6 is 11.3 Å². The monoisotopic (exact) mass is 421 g/mol. The Hall–Kier alpha value is -2.33. The van der Waals surface area contributed by atoms with E-state index in [0.29, 0.717) is 26.2 Å². The lowest BCUT2D eigenvalue weighted by Crippen LogP contribution is -2.27. The molecule has 1 atom stereocenters. The van der Waals surface area contributed by atoms with E-state index < -0.39 is 23.0 Å². The van der Waals surface area contributed by atoms with Crippen LogP contribution in [0.15, 0.2) is 46.7 Å². The van der Waals surface area contributed by atoms with Crippen molar-refractivity contribution in [2.24, 2.45) is 5.14 Å². The van der Waals surface area contributed by atoms with Crippen molar-refractivity contribution >= 4 is 33.7 Å². The van der Waals surface area contributed by atoms with Crippen LogP contribution in [0.1, 0.15) is 11.3 Å². The number of anilines is 1. The lowest BCUT2D eigenvalue weighted by atomic mass is 10.0. The molecule has 0 radical (unpaired) electrons. The Balaban J connectivity index is 1.74. The van der Waals surface area contributed by atoms with Crippen LogP contribution in [0.3, 0.4) is 0 Å². The first-order valence-electron chi connectivity index (χ1n) is 8.20. The first-order valence-corrected chi connectivity index (χ1v) is 10.2. The van der Waals surface area contributed by atoms with E-state index in [-0.39, 0.29) is 17.9 Å². The fourth-order valence-corrected chi connectivity index (χ4v) is 4.29. The molecule has 0 spiro atoms. The Bertz CT molecular complexity index is 1010. The molecule has 5 nitrogen and oxygen atoms in total. The molecule has 3 rings (SSSR count). The van der Waals surface area contributed by atoms with Crippen LogP contribution < -0.4 is 10.0 Å². The number of halogens is 2. The number of rotatable bonds is 5. The van der Waals surface area contributed by atoms with Crippen LogP contribution in [-0.2, 0) is 22.6 Å². The Morgan fingerprint density at radius 1 is 1.25 bits per heavy atom. The zero-order chi connectivity index (χ0) is 20.4. The van der Waals surface area contributed by atoms with Crippen molar-refractivity contribution in [2.75, 3.05) is 11.9 Å². The van der Waals surface area contributed by atoms with Crippen molar-refractivity contribution in [2.45, 2.75) is 17.6 Å². The molecule has 1 unspecified atom stereocenters. The molecule has 1 amide bonds. The third kappa shape index (κ3) is 4.39. The largest absolute Gasteiger partial charge is 0.592 e. The van der Waals surface area contributed by atoms with Gasteiger partial charge in [0, 0.05) is 12.6 Å². The van der Waals surface area contributed by atoms with Crippen molar-refractivity contribution < 1.29 is 18.1 Å². The topological polar surface area (TPSA) is 82.3 Å². The van der Waals surface area contributed by atoms with Gasteiger partial charge >= 0.3 is 0 Å². The Kier molecular flexibility index (Phi) is 6.09. The van der Waals surface area contributed by atoms with Gasteiger partial charge in [-0.15, -0.1) is 5.14 Å². The highest BCUT2D eigenvalue weighted by Crippen LogP contribution is 2.29. The summed E-state index contributed by atoms with van der Waals surface area (Å²) >= 11 is -0.542. The zero-order valence-corrected chi connectivity index (χ0v) is 16.7. The van der Waals surface area contributed by atoms with E-state index >= 15 is 0 Å². The molecule has 0 aliphatic rings. The van der Waals surface area contributed by atoms with Gasteiger partial charge in [0.25, 0.3) is 4.21 Å². The molecule has 0 saturated carbocycles. The minimum Gasteiger partial charge on any atom is -0.592 e. The predicted molar refractivity (Wildman–Crippen MR) is 106 cm³/mol. The molecule has 3 aromatic rings. The van der Waals surface area contributed by atoms with E-state index in [1.165, 1.54) is 4.90 Å². The molecule has 2 aromatic carbocycles. The van der Waals surface area contributed by atoms with Crippen LogP contribution in [0.2, 0.25) is 0 Å². The maximum Gasteiger partial charge on any atom is 0.252 e. The number of aromatic nitrogens is 1. The Morgan fingerprint density at radius 2 is 1.93 bits per heavy atom. The molecule has 146 valence electrons. The summed E-state index contributed by atoms with van der Waals surface area (Å²) in [6, 6.07) is 9.95. The summed E-state index contributed by atoms with van der Waals surface area (Å²) in [7, 11) is 1.58. The number of nitrogens with zero attached hydrogens (tertiary/aromatic N) is 2. The van der Waals surface area contributed by atoms with E-state index in [9.17, 15) is 18.1 Å². The molecule has 28 heavy (non-hydrogen) atoms. The lowest BCUT2D eigenvalue weighted by Gasteiger charge is -2.13. The van der Waals surface area contributed by atoms with Gasteiger partial charge in [0.2, 0.25) is 5.91 Å². The molecule has 2 N–H and O–H groups in total. The van der Waals surface area contributed by atoms with E-state index in [4.69, 9.17) is 5.14 Å². The summed E-state index contributed by atoms with van der Waals surface area (Å²) in [5.41, 5.74) is 1.93. The van der Waals surface area contributed by atoms with Gasteiger partial charge in [0.1, 0.15) is 17.3 Å². The van der Waals surface area contributed by atoms with Gasteiger partial charge < -0.3 is 4.55 Å². The van der Waals surface area contributed by atoms with Gasteiger partial charge in [-0.1, -0.05) is 24.3 Å². The first-order chi connectivity index (χ1) is 13.3. The average Bonchev–Trinajstić information content (AvgIpc) is 3.05. The van der Waals surface area contributed by atoms with Gasteiger partial charge in [-0.05, 0) is 47.6 Å². The third-order valence-electron chi connectivity index (χ3n) is 4.14. The second kappa shape index (κ2) is 8.36. The number of nitrogens with two attached hydrogens (primary N) is 1. The number of aryl methyl sites for hydroxylation is 1. The Morgan fingerprint density at radius 3 is 2.54 bits per heavy atom. The van der Waals surface area contributed by atoms with E-state index in [2.05, 4.69) is 4.98 Å². The zero-order valence-electron chi connectivity index (χ0n) is 15.1. The highest BCUT2D eigenvalue weighted by atomic mass is 32.2. The summed E-state index contributed by atoms with van der Waals surface area (Å²) in [5.74, 6) is -1.25. The van der Waals surface area contributed by atoms with Crippen molar-refractivity contribution in [3.05, 3.63) is 65.4 Å². The summed E-state index contributed by atoms with van der Waals surface area (Å²) in [4.78, 5) is 18.2. The predicted octanol–water partition coefficient (Wildman–Crippen LogP) is 3.58. The fourth-order valence-electron chi connectivity index (χ4n) is 2.62. The Labute approximate surface area is 168 Å². The molecule has 9 heteroatoms. The van der Waals surface area contributed by atoms with Gasteiger partial charge in [-0.3, -0.25) is 9.69 Å². The van der Waals surface area contributed by atoms with E-state index in [1.807, 2.05) is 0 Å². The number of hydrogen-bond acceptors (Lipinski definition) is 5. The van der Waals surface area contributed by atoms with Gasteiger partial charge in [-0.2, -0.15) is 0 Å². The molecular formula is C19H17F2N3O2S2. The van der Waals surface area contributed by atoms with Gasteiger partial charge in [0.05, 0.1) is 17.8 Å². The number of benzene rings is 2. The fraction of sp³-hybridized carbons (Fsp3) is 0.158. The first kappa shape index (κ1) is 20.4. The molecular weight excluding hydrogens is 404 g/mol. The van der Waals surface area contributed by atoms with Crippen LogP contribution in [0.25, 0.3) is 11.1 Å². The van der Waals surface area contributed by atoms with Gasteiger partial charge in [0.15, 0.2) is 5.13 Å². The highest BCUT2D eigenvalue weighted by molar-refractivity contribution is 7.91. The summed E-state index contributed by atoms with van der Waals surface area (Å²) in [6.07, 6.45) is 0.0993. The molecule has 1 aromatic heterocycles. The van der Waals surface area contributed by atoms with Crippen molar-refractivity contribution in [3.63, 3.8) is 0 Å². The van der Waals surface area contributed by atoms with Crippen LogP contribution in [0.5, 0.6) is 0 Å². The number of carbonyl (C=O) groups excluding carboxylic acids is 1. The molecule has 0 bridgehead atoms. The normalized spacial score (nSPS) is 12.1. The molecule has 0 saturated heterocycles. The molecule has 0 aliphatic carbocycles. The maximum absolute atomic E-state index is 13.9. The van der Waals surface area contributed by atoms with Crippen molar-refractivity contribution in [1.29, 1.82) is 0 Å². The second-order valence-corrected chi connectivity index (χ2v) is 8.36. The number of likely N-dealkylation sites (N-methyl/N-ethyl adjacent to an activating group) is 1. The van der Waals surface area contributed by atoms with E-state index in [1.54, 1.807) is 38.2 Å². The van der Waals surface area contributed by atoms with E-state index in [0.717, 1.165) is 29.5 Å². The SMILES string of the molecule is Cc1nc(N(C)C(=O)Cc2ccc(-c3cc(F)ccc3F)cc2)sc1[S+](N)[O-]. The van der Waals surface area contributed by atoms with Crippen molar-refractivity contribution in [1.82, 2.24) is 4.98 Å². The van der Waals surface area contributed by atoms with Crippen LogP contribution in [-0.4, -0.2) is 22.5 Å². The smallest absolute Gasteiger partial charge is 0.252 e. The number of amides is 1. The quantitative estimate of drug-likeness (QED) is 0.639. The lowest BCUT2D eigenvalue weighted by molar-refractivity contribution is -0.117. The second-order valence-electron chi connectivity index (χ2n) is 6.12. The number of thiazole rings is 1. The summed E-state index contributed by atoms with van der Waals surface area (Å²) < 4.78 is 39.1. The minimum atomic E-state index is -1.65. The highest BCUT2D eigenvalue weighted by Gasteiger charge is 2.22. The summed E-state index contributed by atoms with van der Waals surface area (Å²) in [5, 5.41) is 5.81. The molecule has 0 fully saturated rings. The third-order valence-corrected chi connectivity index (χ3v) is 6.57. The average molecular weight is 421 g/mol. The van der Waals surface area contributed by atoms with Gasteiger partial charge in [-0.25, -0.2) is 13.8 Å². The molecule has 0 aliphatic heterocycles. The van der Waals surface area contributed by atoms with Crippen LogP contribution in [0, 0.1) is 18.6 Å².